The standard InChI is InChI=1S/C14H17NO5/c1-15-12(16)7-11(14(17)18)13(15)8-4-9(19-2)6-10(5-8)20-3/h4-6,11,13H,7H2,1-3H3,(H,17,18)/t11-,13+/m0/s1. The SMILES string of the molecule is COc1cc(OC)cc([C@@H]2[C@@H](C(=O)O)CC(=O)N2C)c1. The zero-order chi connectivity index (χ0) is 14.9. The number of carboxylic acids is 1. The van der Waals surface area contributed by atoms with Gasteiger partial charge in [0.05, 0.1) is 26.2 Å². The van der Waals surface area contributed by atoms with E-state index in [1.807, 2.05) is 0 Å². The summed E-state index contributed by atoms with van der Waals surface area (Å²) in [6, 6.07) is 4.66. The fraction of sp³-hybridized carbons (Fsp3) is 0.429. The van der Waals surface area contributed by atoms with E-state index in [2.05, 4.69) is 0 Å². The highest BCUT2D eigenvalue weighted by molar-refractivity contribution is 5.87. The number of aliphatic carboxylic acids is 1. The zero-order valence-corrected chi connectivity index (χ0v) is 11.6. The Hall–Kier alpha value is -2.24. The number of carbonyl (C=O) groups excluding carboxylic acids is 1. The molecule has 20 heavy (non-hydrogen) atoms. The van der Waals surface area contributed by atoms with E-state index in [9.17, 15) is 14.7 Å². The van der Waals surface area contributed by atoms with Gasteiger partial charge in [-0.3, -0.25) is 9.59 Å². The summed E-state index contributed by atoms with van der Waals surface area (Å²) in [6.45, 7) is 0. The van der Waals surface area contributed by atoms with Crippen molar-refractivity contribution in [2.75, 3.05) is 21.3 Å². The van der Waals surface area contributed by atoms with Gasteiger partial charge in [0.2, 0.25) is 5.91 Å². The van der Waals surface area contributed by atoms with Crippen LogP contribution in [0.15, 0.2) is 18.2 Å². The molecule has 1 amide bonds. The Morgan fingerprint density at radius 2 is 1.80 bits per heavy atom. The Kier molecular flexibility index (Phi) is 3.83. The van der Waals surface area contributed by atoms with Crippen LogP contribution in [0.25, 0.3) is 0 Å². The minimum atomic E-state index is -0.977. The number of amides is 1. The first-order valence-corrected chi connectivity index (χ1v) is 6.19. The van der Waals surface area contributed by atoms with Crippen LogP contribution in [-0.4, -0.2) is 43.2 Å². The Balaban J connectivity index is 2.47. The summed E-state index contributed by atoms with van der Waals surface area (Å²) < 4.78 is 10.4. The van der Waals surface area contributed by atoms with Gasteiger partial charge >= 0.3 is 5.97 Å². The molecule has 0 spiro atoms. The first-order chi connectivity index (χ1) is 9.47. The van der Waals surface area contributed by atoms with Crippen molar-refractivity contribution in [1.29, 1.82) is 0 Å². The fourth-order valence-corrected chi connectivity index (χ4v) is 2.55. The highest BCUT2D eigenvalue weighted by Gasteiger charge is 2.43. The van der Waals surface area contributed by atoms with Crippen molar-refractivity contribution < 1.29 is 24.2 Å². The van der Waals surface area contributed by atoms with Gasteiger partial charge in [0.1, 0.15) is 11.5 Å². The topological polar surface area (TPSA) is 76.1 Å². The molecule has 0 radical (unpaired) electrons. The minimum Gasteiger partial charge on any atom is -0.497 e. The van der Waals surface area contributed by atoms with Crippen molar-refractivity contribution in [3.63, 3.8) is 0 Å². The van der Waals surface area contributed by atoms with Crippen LogP contribution in [-0.2, 0) is 9.59 Å². The molecule has 0 aromatic heterocycles. The number of carbonyl (C=O) groups is 2. The van der Waals surface area contributed by atoms with E-state index < -0.39 is 17.9 Å². The van der Waals surface area contributed by atoms with Crippen molar-refractivity contribution in [2.24, 2.45) is 5.92 Å². The third-order valence-electron chi connectivity index (χ3n) is 3.62. The smallest absolute Gasteiger partial charge is 0.309 e. The van der Waals surface area contributed by atoms with Gasteiger partial charge in [-0.05, 0) is 17.7 Å². The third kappa shape index (κ3) is 2.41. The highest BCUT2D eigenvalue weighted by Crippen LogP contribution is 2.39. The maximum Gasteiger partial charge on any atom is 0.309 e. The molecule has 6 heteroatoms. The van der Waals surface area contributed by atoms with Crippen LogP contribution in [0.1, 0.15) is 18.0 Å². The summed E-state index contributed by atoms with van der Waals surface area (Å²) >= 11 is 0. The molecule has 1 heterocycles. The Morgan fingerprint density at radius 3 is 2.25 bits per heavy atom. The van der Waals surface area contributed by atoms with Gasteiger partial charge in [-0.25, -0.2) is 0 Å². The molecule has 0 saturated carbocycles. The van der Waals surface area contributed by atoms with E-state index in [-0.39, 0.29) is 12.3 Å². The van der Waals surface area contributed by atoms with Gasteiger partial charge in [0.15, 0.2) is 0 Å². The number of ether oxygens (including phenoxy) is 2. The summed E-state index contributed by atoms with van der Waals surface area (Å²) in [7, 11) is 4.66. The summed E-state index contributed by atoms with van der Waals surface area (Å²) in [4.78, 5) is 24.6. The first-order valence-electron chi connectivity index (χ1n) is 6.19. The lowest BCUT2D eigenvalue weighted by molar-refractivity contribution is -0.142. The quantitative estimate of drug-likeness (QED) is 0.899. The lowest BCUT2D eigenvalue weighted by Crippen LogP contribution is -2.26. The second kappa shape index (κ2) is 5.40. The maximum absolute atomic E-state index is 11.8. The average molecular weight is 279 g/mol. The molecule has 0 bridgehead atoms. The summed E-state index contributed by atoms with van der Waals surface area (Å²) in [6.07, 6.45) is 0.00995. The predicted molar refractivity (Wildman–Crippen MR) is 70.8 cm³/mol. The number of methoxy groups -OCH3 is 2. The molecule has 0 aliphatic carbocycles. The molecule has 0 unspecified atom stereocenters. The second-order valence-electron chi connectivity index (χ2n) is 4.74. The largest absolute Gasteiger partial charge is 0.497 e. The van der Waals surface area contributed by atoms with E-state index >= 15 is 0 Å². The molecule has 2 atom stereocenters. The molecule has 1 aliphatic rings. The number of hydrogen-bond acceptors (Lipinski definition) is 4. The van der Waals surface area contributed by atoms with E-state index in [1.54, 1.807) is 25.2 Å². The van der Waals surface area contributed by atoms with E-state index in [0.717, 1.165) is 0 Å². The zero-order valence-electron chi connectivity index (χ0n) is 11.6. The van der Waals surface area contributed by atoms with Crippen molar-refractivity contribution in [2.45, 2.75) is 12.5 Å². The number of benzene rings is 1. The average Bonchev–Trinajstić information content (AvgIpc) is 2.74. The van der Waals surface area contributed by atoms with Crippen LogP contribution in [0.2, 0.25) is 0 Å². The van der Waals surface area contributed by atoms with Crippen LogP contribution in [0, 0.1) is 5.92 Å². The summed E-state index contributed by atoms with van der Waals surface area (Å²) in [5, 5.41) is 9.29. The Bertz CT molecular complexity index is 520. The molecule has 1 aromatic carbocycles. The van der Waals surface area contributed by atoms with Gasteiger partial charge in [0, 0.05) is 19.5 Å². The first kappa shape index (κ1) is 14.2. The minimum absolute atomic E-state index is 0.00995. The third-order valence-corrected chi connectivity index (χ3v) is 3.62. The molecule has 1 saturated heterocycles. The molecule has 1 N–H and O–H groups in total. The highest BCUT2D eigenvalue weighted by atomic mass is 16.5. The van der Waals surface area contributed by atoms with Gasteiger partial charge in [-0.15, -0.1) is 0 Å². The van der Waals surface area contributed by atoms with Gasteiger partial charge < -0.3 is 19.5 Å². The fourth-order valence-electron chi connectivity index (χ4n) is 2.55. The number of hydrogen-bond donors (Lipinski definition) is 1. The van der Waals surface area contributed by atoms with E-state index in [4.69, 9.17) is 9.47 Å². The van der Waals surface area contributed by atoms with E-state index in [1.165, 1.54) is 19.1 Å². The lowest BCUT2D eigenvalue weighted by atomic mass is 9.93. The molecular formula is C14H17NO5. The summed E-state index contributed by atoms with van der Waals surface area (Å²) in [5.74, 6) is -0.782. The predicted octanol–water partition coefficient (Wildman–Crippen LogP) is 1.31. The van der Waals surface area contributed by atoms with Crippen LogP contribution in [0.5, 0.6) is 11.5 Å². The molecule has 1 fully saturated rings. The monoisotopic (exact) mass is 279 g/mol. The van der Waals surface area contributed by atoms with Crippen molar-refractivity contribution in [3.05, 3.63) is 23.8 Å². The Labute approximate surface area is 116 Å². The van der Waals surface area contributed by atoms with Crippen LogP contribution in [0.4, 0.5) is 0 Å². The van der Waals surface area contributed by atoms with Crippen LogP contribution < -0.4 is 9.47 Å². The van der Waals surface area contributed by atoms with Crippen LogP contribution in [0.3, 0.4) is 0 Å². The molecule has 6 nitrogen and oxygen atoms in total. The van der Waals surface area contributed by atoms with Crippen molar-refractivity contribution in [1.82, 2.24) is 4.90 Å². The van der Waals surface area contributed by atoms with Crippen LogP contribution >= 0.6 is 0 Å². The molecule has 108 valence electrons. The molecule has 1 aliphatic heterocycles. The molecule has 2 rings (SSSR count). The summed E-state index contributed by atoms with van der Waals surface area (Å²) in [5.41, 5.74) is 0.696. The number of likely N-dealkylation sites (tertiary alicyclic amines) is 1. The number of carboxylic acid groups (broad SMARTS) is 1. The van der Waals surface area contributed by atoms with Crippen molar-refractivity contribution in [3.8, 4) is 11.5 Å². The second-order valence-corrected chi connectivity index (χ2v) is 4.74. The lowest BCUT2D eigenvalue weighted by Gasteiger charge is -2.24. The molecular weight excluding hydrogens is 262 g/mol. The van der Waals surface area contributed by atoms with Gasteiger partial charge in [-0.2, -0.15) is 0 Å². The Morgan fingerprint density at radius 1 is 1.25 bits per heavy atom. The number of rotatable bonds is 4. The van der Waals surface area contributed by atoms with Crippen molar-refractivity contribution >= 4 is 11.9 Å². The van der Waals surface area contributed by atoms with Gasteiger partial charge in [0.25, 0.3) is 0 Å². The normalized spacial score (nSPS) is 21.9. The number of nitrogens with zero attached hydrogens (tertiary/aromatic N) is 1. The molecule has 1 aromatic rings. The maximum atomic E-state index is 11.8. The van der Waals surface area contributed by atoms with E-state index in [0.29, 0.717) is 17.1 Å². The van der Waals surface area contributed by atoms with Gasteiger partial charge in [-0.1, -0.05) is 0 Å².